The van der Waals surface area contributed by atoms with Gasteiger partial charge in [-0.1, -0.05) is 22.9 Å². The van der Waals surface area contributed by atoms with Crippen LogP contribution in [0.4, 0.5) is 4.39 Å². The molecule has 1 aromatic carbocycles. The van der Waals surface area contributed by atoms with Gasteiger partial charge in [-0.25, -0.2) is 4.39 Å². The lowest BCUT2D eigenvalue weighted by Gasteiger charge is -2.19. The van der Waals surface area contributed by atoms with Crippen molar-refractivity contribution in [3.05, 3.63) is 55.9 Å². The van der Waals surface area contributed by atoms with Crippen molar-refractivity contribution in [3.8, 4) is 0 Å². The summed E-state index contributed by atoms with van der Waals surface area (Å²) in [6, 6.07) is 9.12. The van der Waals surface area contributed by atoms with E-state index in [1.807, 2.05) is 0 Å². The Morgan fingerprint density at radius 3 is 2.74 bits per heavy atom. The molecule has 0 saturated heterocycles. The second-order valence-corrected chi connectivity index (χ2v) is 6.68. The molecule has 0 spiro atoms. The Hall–Kier alpha value is -0.710. The van der Waals surface area contributed by atoms with Gasteiger partial charge in [0.05, 0.1) is 6.04 Å². The average Bonchev–Trinajstić information content (AvgIpc) is 2.80. The van der Waals surface area contributed by atoms with Crippen molar-refractivity contribution >= 4 is 27.3 Å². The summed E-state index contributed by atoms with van der Waals surface area (Å²) in [7, 11) is 0. The Balaban J connectivity index is 2.39. The smallest absolute Gasteiger partial charge is 0.123 e. The molecule has 1 aromatic heterocycles. The van der Waals surface area contributed by atoms with Crippen LogP contribution in [0.1, 0.15) is 34.7 Å². The van der Waals surface area contributed by atoms with Gasteiger partial charge in [0.1, 0.15) is 5.82 Å². The molecule has 4 heteroatoms. The molecule has 1 N–H and O–H groups in total. The first-order chi connectivity index (χ1) is 9.11. The van der Waals surface area contributed by atoms with Gasteiger partial charge in [0.15, 0.2) is 0 Å². The summed E-state index contributed by atoms with van der Waals surface area (Å²) < 4.78 is 14.4. The monoisotopic (exact) mass is 341 g/mol. The minimum absolute atomic E-state index is 0.0451. The molecule has 0 bridgehead atoms. The van der Waals surface area contributed by atoms with E-state index >= 15 is 0 Å². The van der Waals surface area contributed by atoms with Crippen LogP contribution in [0, 0.1) is 12.7 Å². The number of thiophene rings is 1. The van der Waals surface area contributed by atoms with Gasteiger partial charge in [0, 0.05) is 14.2 Å². The zero-order valence-electron chi connectivity index (χ0n) is 11.0. The minimum Gasteiger partial charge on any atom is -0.306 e. The topological polar surface area (TPSA) is 12.0 Å². The van der Waals surface area contributed by atoms with E-state index < -0.39 is 0 Å². The van der Waals surface area contributed by atoms with E-state index in [2.05, 4.69) is 47.2 Å². The van der Waals surface area contributed by atoms with Crippen LogP contribution in [-0.2, 0) is 0 Å². The molecule has 0 aliphatic rings. The van der Waals surface area contributed by atoms with Crippen LogP contribution >= 0.6 is 27.3 Å². The van der Waals surface area contributed by atoms with Crippen LogP contribution in [0.2, 0.25) is 0 Å². The molecule has 1 unspecified atom stereocenters. The number of nitrogens with one attached hydrogen (secondary N) is 1. The van der Waals surface area contributed by atoms with Gasteiger partial charge in [-0.15, -0.1) is 11.3 Å². The van der Waals surface area contributed by atoms with E-state index in [0.29, 0.717) is 0 Å². The molecular weight excluding hydrogens is 325 g/mol. The molecule has 0 radical (unpaired) electrons. The van der Waals surface area contributed by atoms with Crippen LogP contribution in [-0.4, -0.2) is 6.54 Å². The summed E-state index contributed by atoms with van der Waals surface area (Å²) in [5.74, 6) is -0.199. The van der Waals surface area contributed by atoms with E-state index in [4.69, 9.17) is 0 Å². The molecule has 0 aliphatic heterocycles. The zero-order chi connectivity index (χ0) is 13.8. The first-order valence-electron chi connectivity index (χ1n) is 6.36. The van der Waals surface area contributed by atoms with Crippen LogP contribution < -0.4 is 5.32 Å². The maximum absolute atomic E-state index is 13.5. The Morgan fingerprint density at radius 2 is 2.11 bits per heavy atom. The Kier molecular flexibility index (Phi) is 5.13. The number of hydrogen-bond acceptors (Lipinski definition) is 2. The molecule has 1 atom stereocenters. The summed E-state index contributed by atoms with van der Waals surface area (Å²) in [5.41, 5.74) is 0.954. The van der Waals surface area contributed by atoms with E-state index in [1.54, 1.807) is 23.5 Å². The molecule has 1 heterocycles. The highest BCUT2D eigenvalue weighted by atomic mass is 79.9. The second-order valence-electron chi connectivity index (χ2n) is 4.50. The number of rotatable bonds is 5. The van der Waals surface area contributed by atoms with E-state index in [1.165, 1.54) is 15.8 Å². The first kappa shape index (κ1) is 14.7. The molecular formula is C15H17BrFNS. The summed E-state index contributed by atoms with van der Waals surface area (Å²) in [6.45, 7) is 5.13. The maximum atomic E-state index is 13.5. The van der Waals surface area contributed by atoms with Crippen LogP contribution in [0.3, 0.4) is 0 Å². The standard InChI is InChI=1S/C15H17BrFNS/c1-3-8-18-15(14-7-4-10(2)19-14)12-9-11(17)5-6-13(12)16/h4-7,9,15,18H,3,8H2,1-2H3. The molecule has 2 rings (SSSR count). The zero-order valence-corrected chi connectivity index (χ0v) is 13.4. The highest BCUT2D eigenvalue weighted by Gasteiger charge is 2.18. The van der Waals surface area contributed by atoms with Gasteiger partial charge in [0.2, 0.25) is 0 Å². The van der Waals surface area contributed by atoms with Crippen LogP contribution in [0.25, 0.3) is 0 Å². The summed E-state index contributed by atoms with van der Waals surface area (Å²) in [6.07, 6.45) is 1.05. The minimum atomic E-state index is -0.199. The molecule has 2 aromatic rings. The van der Waals surface area contributed by atoms with Crippen molar-refractivity contribution in [2.75, 3.05) is 6.54 Å². The SMILES string of the molecule is CCCNC(c1ccc(C)s1)c1cc(F)ccc1Br. The molecule has 0 amide bonds. The molecule has 0 aliphatic carbocycles. The third-order valence-electron chi connectivity index (χ3n) is 2.91. The summed E-state index contributed by atoms with van der Waals surface area (Å²) in [5, 5.41) is 3.50. The molecule has 0 fully saturated rings. The highest BCUT2D eigenvalue weighted by molar-refractivity contribution is 9.10. The van der Waals surface area contributed by atoms with Crippen LogP contribution in [0.15, 0.2) is 34.8 Å². The van der Waals surface area contributed by atoms with Gasteiger partial charge in [0.25, 0.3) is 0 Å². The van der Waals surface area contributed by atoms with Gasteiger partial charge < -0.3 is 5.32 Å². The molecule has 19 heavy (non-hydrogen) atoms. The average molecular weight is 342 g/mol. The number of halogens is 2. The largest absolute Gasteiger partial charge is 0.306 e. The maximum Gasteiger partial charge on any atom is 0.123 e. The van der Waals surface area contributed by atoms with Gasteiger partial charge in [-0.05, 0) is 55.8 Å². The Bertz CT molecular complexity index is 553. The fourth-order valence-corrected chi connectivity index (χ4v) is 3.44. The van der Waals surface area contributed by atoms with Crippen LogP contribution in [0.5, 0.6) is 0 Å². The number of hydrogen-bond donors (Lipinski definition) is 1. The predicted molar refractivity (Wildman–Crippen MR) is 83.3 cm³/mol. The van der Waals surface area contributed by atoms with Gasteiger partial charge in [-0.2, -0.15) is 0 Å². The van der Waals surface area contributed by atoms with Crippen molar-refractivity contribution in [3.63, 3.8) is 0 Å². The lowest BCUT2D eigenvalue weighted by molar-refractivity contribution is 0.589. The van der Waals surface area contributed by atoms with Crippen molar-refractivity contribution in [2.45, 2.75) is 26.3 Å². The van der Waals surface area contributed by atoms with Gasteiger partial charge in [-0.3, -0.25) is 0 Å². The Labute approximate surface area is 126 Å². The predicted octanol–water partition coefficient (Wildman–Crippen LogP) is 5.05. The summed E-state index contributed by atoms with van der Waals surface area (Å²) >= 11 is 5.27. The van der Waals surface area contributed by atoms with Crippen molar-refractivity contribution in [1.29, 1.82) is 0 Å². The molecule has 1 nitrogen and oxygen atoms in total. The van der Waals surface area contributed by atoms with E-state index in [-0.39, 0.29) is 11.9 Å². The van der Waals surface area contributed by atoms with Gasteiger partial charge >= 0.3 is 0 Å². The van der Waals surface area contributed by atoms with E-state index in [0.717, 1.165) is 23.0 Å². The van der Waals surface area contributed by atoms with Crippen molar-refractivity contribution < 1.29 is 4.39 Å². The summed E-state index contributed by atoms with van der Waals surface area (Å²) in [4.78, 5) is 2.49. The highest BCUT2D eigenvalue weighted by Crippen LogP contribution is 2.33. The molecule has 102 valence electrons. The quantitative estimate of drug-likeness (QED) is 0.802. The first-order valence-corrected chi connectivity index (χ1v) is 7.97. The third-order valence-corrected chi connectivity index (χ3v) is 4.70. The third kappa shape index (κ3) is 3.65. The lowest BCUT2D eigenvalue weighted by Crippen LogP contribution is -2.22. The van der Waals surface area contributed by atoms with Crippen molar-refractivity contribution in [2.24, 2.45) is 0 Å². The number of benzene rings is 1. The van der Waals surface area contributed by atoms with Crippen molar-refractivity contribution in [1.82, 2.24) is 5.32 Å². The lowest BCUT2D eigenvalue weighted by atomic mass is 10.0. The Morgan fingerprint density at radius 1 is 1.32 bits per heavy atom. The fraction of sp³-hybridized carbons (Fsp3) is 0.333. The normalized spacial score (nSPS) is 12.6. The second kappa shape index (κ2) is 6.64. The fourth-order valence-electron chi connectivity index (χ4n) is 2.00. The number of aryl methyl sites for hydroxylation is 1. The molecule has 0 saturated carbocycles. The van der Waals surface area contributed by atoms with E-state index in [9.17, 15) is 4.39 Å².